The number of anilines is 4. The Morgan fingerprint density at radius 2 is 1.84 bits per heavy atom. The van der Waals surface area contributed by atoms with Gasteiger partial charge in [0.15, 0.2) is 5.13 Å². The van der Waals surface area contributed by atoms with Gasteiger partial charge < -0.3 is 15.4 Å². The van der Waals surface area contributed by atoms with E-state index in [1.165, 1.54) is 17.7 Å². The van der Waals surface area contributed by atoms with Gasteiger partial charge in [-0.25, -0.2) is 15.0 Å². The molecule has 0 bridgehead atoms. The molecule has 2 heterocycles. The van der Waals surface area contributed by atoms with E-state index in [1.807, 2.05) is 37.3 Å². The predicted molar refractivity (Wildman–Crippen MR) is 126 cm³/mol. The van der Waals surface area contributed by atoms with Crippen LogP contribution in [0.5, 0.6) is 5.75 Å². The second kappa shape index (κ2) is 9.56. The molecule has 164 valence electrons. The number of thiazole rings is 1. The highest BCUT2D eigenvalue weighted by molar-refractivity contribution is 7.22. The maximum absolute atomic E-state index is 11.9. The largest absolute Gasteiger partial charge is 0.494 e. The van der Waals surface area contributed by atoms with Crippen molar-refractivity contribution in [2.75, 3.05) is 17.2 Å². The van der Waals surface area contributed by atoms with Gasteiger partial charge in [0.2, 0.25) is 11.6 Å². The quantitative estimate of drug-likeness (QED) is 0.182. The van der Waals surface area contributed by atoms with Crippen molar-refractivity contribution in [1.29, 1.82) is 0 Å². The van der Waals surface area contributed by atoms with Crippen molar-refractivity contribution in [3.8, 4) is 5.75 Å². The standard InChI is InChI=1S/C22H22N6O3S/c1-3-4-12-31-16-10-8-15(9-11-16)25-20-19(28(29)30)21(24-13-23-20)27-22-26-18-14(2)6-5-7-17(18)32-22/h5-11,13H,3-4,12H2,1-2H3,(H2,23,24,25,26,27). The molecule has 4 rings (SSSR count). The zero-order valence-corrected chi connectivity index (χ0v) is 18.5. The fourth-order valence-corrected chi connectivity index (χ4v) is 4.02. The van der Waals surface area contributed by atoms with E-state index < -0.39 is 4.92 Å². The Bertz CT molecular complexity index is 1240. The number of benzene rings is 2. The van der Waals surface area contributed by atoms with Crippen molar-refractivity contribution < 1.29 is 9.66 Å². The van der Waals surface area contributed by atoms with E-state index in [1.54, 1.807) is 12.1 Å². The van der Waals surface area contributed by atoms with Crippen molar-refractivity contribution in [2.45, 2.75) is 26.7 Å². The lowest BCUT2D eigenvalue weighted by Gasteiger charge is -2.10. The minimum Gasteiger partial charge on any atom is -0.494 e. The summed E-state index contributed by atoms with van der Waals surface area (Å²) in [4.78, 5) is 24.1. The van der Waals surface area contributed by atoms with Gasteiger partial charge in [-0.3, -0.25) is 10.1 Å². The maximum Gasteiger partial charge on any atom is 0.353 e. The number of fused-ring (bicyclic) bond motifs is 1. The van der Waals surface area contributed by atoms with E-state index in [0.29, 0.717) is 17.4 Å². The first kappa shape index (κ1) is 21.4. The third kappa shape index (κ3) is 4.75. The fourth-order valence-electron chi connectivity index (χ4n) is 3.08. The number of nitrogens with zero attached hydrogens (tertiary/aromatic N) is 4. The molecule has 0 fully saturated rings. The number of aromatic nitrogens is 3. The zero-order valence-electron chi connectivity index (χ0n) is 17.7. The molecule has 2 aromatic carbocycles. The van der Waals surface area contributed by atoms with Crippen LogP contribution in [0.4, 0.5) is 28.1 Å². The summed E-state index contributed by atoms with van der Waals surface area (Å²) in [6.45, 7) is 4.73. The third-order valence-corrected chi connectivity index (χ3v) is 5.67. The lowest BCUT2D eigenvalue weighted by Crippen LogP contribution is -2.05. The summed E-state index contributed by atoms with van der Waals surface area (Å²) in [5, 5.41) is 18.4. The molecule has 0 aliphatic heterocycles. The monoisotopic (exact) mass is 450 g/mol. The van der Waals surface area contributed by atoms with Crippen LogP contribution in [0.3, 0.4) is 0 Å². The van der Waals surface area contributed by atoms with Crippen LogP contribution in [0.15, 0.2) is 48.8 Å². The molecule has 0 spiro atoms. The lowest BCUT2D eigenvalue weighted by atomic mass is 10.2. The van der Waals surface area contributed by atoms with E-state index in [0.717, 1.165) is 34.4 Å². The Kier molecular flexibility index (Phi) is 6.41. The first-order valence-corrected chi connectivity index (χ1v) is 11.0. The molecule has 0 radical (unpaired) electrons. The van der Waals surface area contributed by atoms with Crippen LogP contribution in [-0.2, 0) is 0 Å². The Hall–Kier alpha value is -3.79. The second-order valence-electron chi connectivity index (χ2n) is 7.09. The summed E-state index contributed by atoms with van der Waals surface area (Å²) in [6, 6.07) is 13.1. The molecule has 0 aliphatic rings. The van der Waals surface area contributed by atoms with Gasteiger partial charge in [0.25, 0.3) is 0 Å². The SMILES string of the molecule is CCCCOc1ccc(Nc2ncnc(Nc3nc4c(C)cccc4s3)c2[N+](=O)[O-])cc1. The number of nitrogens with one attached hydrogen (secondary N) is 2. The number of aryl methyl sites for hydroxylation is 1. The van der Waals surface area contributed by atoms with Gasteiger partial charge in [-0.15, -0.1) is 0 Å². The van der Waals surface area contributed by atoms with E-state index in [4.69, 9.17) is 4.74 Å². The number of rotatable bonds is 9. The van der Waals surface area contributed by atoms with E-state index in [-0.39, 0.29) is 17.3 Å². The van der Waals surface area contributed by atoms with Crippen molar-refractivity contribution in [1.82, 2.24) is 15.0 Å². The Labute approximate surface area is 188 Å². The van der Waals surface area contributed by atoms with Gasteiger partial charge in [0.05, 0.1) is 21.7 Å². The molecule has 9 nitrogen and oxygen atoms in total. The topological polar surface area (TPSA) is 115 Å². The van der Waals surface area contributed by atoms with E-state index >= 15 is 0 Å². The molecule has 0 aliphatic carbocycles. The van der Waals surface area contributed by atoms with Crippen molar-refractivity contribution in [2.24, 2.45) is 0 Å². The van der Waals surface area contributed by atoms with Crippen LogP contribution >= 0.6 is 11.3 Å². The molecular weight excluding hydrogens is 428 g/mol. The number of nitro groups is 1. The molecule has 2 aromatic heterocycles. The van der Waals surface area contributed by atoms with Crippen LogP contribution in [0, 0.1) is 17.0 Å². The summed E-state index contributed by atoms with van der Waals surface area (Å²) < 4.78 is 6.64. The summed E-state index contributed by atoms with van der Waals surface area (Å²) in [5.41, 5.74) is 2.28. The average Bonchev–Trinajstić information content (AvgIpc) is 3.19. The van der Waals surface area contributed by atoms with Crippen molar-refractivity contribution >= 4 is 49.7 Å². The molecular formula is C22H22N6O3S. The Morgan fingerprint density at radius 1 is 1.09 bits per heavy atom. The third-order valence-electron chi connectivity index (χ3n) is 4.73. The molecule has 0 saturated carbocycles. The van der Waals surface area contributed by atoms with Gasteiger partial charge in [-0.2, -0.15) is 0 Å². The normalized spacial score (nSPS) is 10.8. The highest BCUT2D eigenvalue weighted by Gasteiger charge is 2.24. The molecule has 2 N–H and O–H groups in total. The van der Waals surface area contributed by atoms with Crippen molar-refractivity contribution in [3.05, 3.63) is 64.5 Å². The average molecular weight is 451 g/mol. The maximum atomic E-state index is 11.9. The van der Waals surface area contributed by atoms with Crippen LogP contribution in [0.25, 0.3) is 10.2 Å². The fraction of sp³-hybridized carbons (Fsp3) is 0.227. The molecule has 0 amide bonds. The Morgan fingerprint density at radius 3 is 2.53 bits per heavy atom. The van der Waals surface area contributed by atoms with E-state index in [2.05, 4.69) is 32.5 Å². The zero-order chi connectivity index (χ0) is 22.5. The van der Waals surface area contributed by atoms with Crippen LogP contribution in [-0.4, -0.2) is 26.5 Å². The number of ether oxygens (including phenoxy) is 1. The molecule has 0 atom stereocenters. The van der Waals surface area contributed by atoms with E-state index in [9.17, 15) is 10.1 Å². The highest BCUT2D eigenvalue weighted by Crippen LogP contribution is 2.35. The number of para-hydroxylation sites is 1. The van der Waals surface area contributed by atoms with Gasteiger partial charge in [-0.1, -0.05) is 36.8 Å². The van der Waals surface area contributed by atoms with Gasteiger partial charge in [0, 0.05) is 5.69 Å². The number of hydrogen-bond acceptors (Lipinski definition) is 9. The van der Waals surface area contributed by atoms with Gasteiger partial charge in [0.1, 0.15) is 12.1 Å². The van der Waals surface area contributed by atoms with Gasteiger partial charge >= 0.3 is 5.69 Å². The lowest BCUT2D eigenvalue weighted by molar-refractivity contribution is -0.383. The van der Waals surface area contributed by atoms with Gasteiger partial charge in [-0.05, 0) is 49.2 Å². The molecule has 4 aromatic rings. The summed E-state index contributed by atoms with van der Waals surface area (Å²) >= 11 is 1.41. The first-order valence-electron chi connectivity index (χ1n) is 10.2. The highest BCUT2D eigenvalue weighted by atomic mass is 32.1. The first-order chi connectivity index (χ1) is 15.5. The summed E-state index contributed by atoms with van der Waals surface area (Å²) in [6.07, 6.45) is 3.32. The number of hydrogen-bond donors (Lipinski definition) is 2. The smallest absolute Gasteiger partial charge is 0.353 e. The molecule has 0 unspecified atom stereocenters. The predicted octanol–water partition coefficient (Wildman–Crippen LogP) is 5.97. The Balaban J connectivity index is 1.57. The van der Waals surface area contributed by atoms with Crippen LogP contribution in [0.2, 0.25) is 0 Å². The van der Waals surface area contributed by atoms with Crippen molar-refractivity contribution in [3.63, 3.8) is 0 Å². The minimum atomic E-state index is -0.508. The van der Waals surface area contributed by atoms with Crippen LogP contribution in [0.1, 0.15) is 25.3 Å². The molecule has 10 heteroatoms. The number of unbranched alkanes of at least 4 members (excludes halogenated alkanes) is 1. The summed E-state index contributed by atoms with van der Waals surface area (Å²) in [5.74, 6) is 0.905. The summed E-state index contributed by atoms with van der Waals surface area (Å²) in [7, 11) is 0. The van der Waals surface area contributed by atoms with Crippen LogP contribution < -0.4 is 15.4 Å². The molecule has 0 saturated heterocycles. The minimum absolute atomic E-state index is 0.0729. The second-order valence-corrected chi connectivity index (χ2v) is 8.12. The molecule has 32 heavy (non-hydrogen) atoms.